The summed E-state index contributed by atoms with van der Waals surface area (Å²) in [7, 11) is 1.65. The molecular weight excluding hydrogens is 639 g/mol. The Kier molecular flexibility index (Phi) is 8.07. The fourth-order valence-corrected chi connectivity index (χ4v) is 7.27. The van der Waals surface area contributed by atoms with Gasteiger partial charge in [-0.15, -0.1) is 23.1 Å². The van der Waals surface area contributed by atoms with Gasteiger partial charge in [0.15, 0.2) is 10.8 Å². The molecule has 2 aliphatic rings. The number of hydrogen-bond acceptors (Lipinski definition) is 14. The highest BCUT2D eigenvalue weighted by Crippen LogP contribution is 2.41. The number of imidazole rings is 1. The van der Waals surface area contributed by atoms with E-state index in [-0.39, 0.29) is 39.7 Å². The molecule has 8 N–H and O–H groups in total. The van der Waals surface area contributed by atoms with Crippen LogP contribution in [0.25, 0.3) is 5.65 Å². The van der Waals surface area contributed by atoms with E-state index in [0.717, 1.165) is 16.2 Å². The van der Waals surface area contributed by atoms with E-state index >= 15 is 0 Å². The molecule has 0 aliphatic carbocycles. The third-order valence-electron chi connectivity index (χ3n) is 6.66. The summed E-state index contributed by atoms with van der Waals surface area (Å²) in [6.45, 7) is 2.47. The molecule has 0 saturated carbocycles. The van der Waals surface area contributed by atoms with Crippen molar-refractivity contribution in [2.45, 2.75) is 36.0 Å². The van der Waals surface area contributed by atoms with E-state index in [1.54, 1.807) is 17.5 Å². The van der Waals surface area contributed by atoms with Gasteiger partial charge in [-0.05, 0) is 31.2 Å². The minimum absolute atomic E-state index is 0.00502. The first-order chi connectivity index (χ1) is 20.7. The Morgan fingerprint density at radius 1 is 1.30 bits per heavy atom. The van der Waals surface area contributed by atoms with Crippen LogP contribution in [0.4, 0.5) is 10.9 Å². The number of nitrogen functional groups attached to an aromatic ring is 2. The number of nitrogens with zero attached hydrogens (tertiary/aromatic N) is 6. The number of carboxylic acid groups (broad SMARTS) is 2. The van der Waals surface area contributed by atoms with E-state index in [1.165, 1.54) is 53.5 Å². The van der Waals surface area contributed by atoms with Crippen LogP contribution in [0.3, 0.4) is 0 Å². The molecule has 0 spiro atoms. The molecule has 44 heavy (non-hydrogen) atoms. The van der Waals surface area contributed by atoms with Crippen LogP contribution in [-0.4, -0.2) is 92.7 Å². The van der Waals surface area contributed by atoms with E-state index in [0.29, 0.717) is 16.4 Å². The lowest BCUT2D eigenvalue weighted by Gasteiger charge is -2.49. The van der Waals surface area contributed by atoms with E-state index in [9.17, 15) is 34.5 Å². The molecule has 5 heterocycles. The monoisotopic (exact) mass is 664 g/mol. The number of carboxylic acids is 2. The number of aromatic nitrogens is 4. The van der Waals surface area contributed by atoms with Gasteiger partial charge in [0.1, 0.15) is 29.0 Å². The number of amides is 2. The lowest BCUT2D eigenvalue weighted by molar-refractivity contribution is -0.559. The van der Waals surface area contributed by atoms with Gasteiger partial charge in [0.25, 0.3) is 17.7 Å². The van der Waals surface area contributed by atoms with E-state index < -0.39 is 46.5 Å². The zero-order valence-electron chi connectivity index (χ0n) is 23.2. The molecule has 1 saturated heterocycles. The first-order valence-electron chi connectivity index (χ1n) is 12.6. The summed E-state index contributed by atoms with van der Waals surface area (Å²) in [5, 5.41) is 37.0. The summed E-state index contributed by atoms with van der Waals surface area (Å²) in [5.74, 6) is -3.65. The Hall–Kier alpha value is -4.56. The summed E-state index contributed by atoms with van der Waals surface area (Å²) in [5.41, 5.74) is 10.3. The SMILES string of the molecule is Cn1c(O)c[n+]2c(SCC3=C(C(=O)O)N4C(=O)C(NC(=O)/C(=N\OC(C)(C)C(=O)O)c5csc(N)n5)C4SC3)nc(N)cc12. The summed E-state index contributed by atoms with van der Waals surface area (Å²) in [6, 6.07) is 0.473. The molecule has 2 atom stereocenters. The van der Waals surface area contributed by atoms with Gasteiger partial charge in [0.05, 0.1) is 13.1 Å². The van der Waals surface area contributed by atoms with Crippen molar-refractivity contribution in [3.8, 4) is 5.88 Å². The van der Waals surface area contributed by atoms with Crippen LogP contribution in [0.1, 0.15) is 19.5 Å². The smallest absolute Gasteiger partial charge is 0.352 e. The van der Waals surface area contributed by atoms with E-state index in [4.69, 9.17) is 16.3 Å². The van der Waals surface area contributed by atoms with Gasteiger partial charge in [0.2, 0.25) is 17.1 Å². The molecule has 17 nitrogen and oxygen atoms in total. The van der Waals surface area contributed by atoms with E-state index in [1.807, 2.05) is 0 Å². The number of nitrogens with two attached hydrogens (primary N) is 2. The number of rotatable bonds is 10. The topological polar surface area (TPSA) is 253 Å². The second-order valence-corrected chi connectivity index (χ2v) is 13.0. The molecule has 0 bridgehead atoms. The highest BCUT2D eigenvalue weighted by Gasteiger charge is 2.54. The lowest BCUT2D eigenvalue weighted by atomic mass is 10.0. The average molecular weight is 665 g/mol. The van der Waals surface area contributed by atoms with Crippen LogP contribution >= 0.6 is 34.9 Å². The number of aryl methyl sites for hydroxylation is 1. The third-order valence-corrected chi connectivity index (χ3v) is 9.71. The van der Waals surface area contributed by atoms with Crippen molar-refractivity contribution in [2.75, 3.05) is 23.0 Å². The Morgan fingerprint density at radius 2 is 2.02 bits per heavy atom. The zero-order chi connectivity index (χ0) is 32.1. The minimum Gasteiger partial charge on any atom is -0.481 e. The molecule has 0 radical (unpaired) electrons. The van der Waals surface area contributed by atoms with Crippen molar-refractivity contribution in [2.24, 2.45) is 12.2 Å². The number of carbonyl (C=O) groups excluding carboxylic acids is 2. The normalized spacial score (nSPS) is 18.7. The van der Waals surface area contributed by atoms with Crippen molar-refractivity contribution in [1.82, 2.24) is 24.8 Å². The molecule has 20 heteroatoms. The molecular formula is C24H26N9O8S3+. The van der Waals surface area contributed by atoms with Crippen LogP contribution in [-0.2, 0) is 31.1 Å². The maximum Gasteiger partial charge on any atom is 0.352 e. The summed E-state index contributed by atoms with van der Waals surface area (Å²) in [4.78, 5) is 64.8. The lowest BCUT2D eigenvalue weighted by Crippen LogP contribution is -2.71. The molecule has 3 aromatic rings. The summed E-state index contributed by atoms with van der Waals surface area (Å²) >= 11 is 3.45. The molecule has 2 amide bonds. The molecule has 5 rings (SSSR count). The van der Waals surface area contributed by atoms with Gasteiger partial charge in [-0.2, -0.15) is 4.40 Å². The number of aromatic hydroxyl groups is 1. The predicted octanol–water partition coefficient (Wildman–Crippen LogP) is -0.400. The predicted molar refractivity (Wildman–Crippen MR) is 159 cm³/mol. The maximum atomic E-state index is 13.3. The molecule has 2 aliphatic heterocycles. The molecule has 0 aromatic carbocycles. The first kappa shape index (κ1) is 30.9. The highest BCUT2D eigenvalue weighted by atomic mass is 32.2. The Labute approximate surface area is 260 Å². The second-order valence-electron chi connectivity index (χ2n) is 10.1. The van der Waals surface area contributed by atoms with Crippen LogP contribution in [0.2, 0.25) is 0 Å². The van der Waals surface area contributed by atoms with Crippen molar-refractivity contribution < 1.29 is 43.7 Å². The molecule has 232 valence electrons. The summed E-state index contributed by atoms with van der Waals surface area (Å²) < 4.78 is 3.13. The van der Waals surface area contributed by atoms with Crippen LogP contribution in [0.5, 0.6) is 5.88 Å². The number of nitrogens with one attached hydrogen (secondary N) is 1. The fourth-order valence-electron chi connectivity index (χ4n) is 4.25. The molecule has 2 unspecified atom stereocenters. The zero-order valence-corrected chi connectivity index (χ0v) is 25.7. The average Bonchev–Trinajstić information content (AvgIpc) is 3.51. The third kappa shape index (κ3) is 5.57. The van der Waals surface area contributed by atoms with Gasteiger partial charge >= 0.3 is 17.1 Å². The Balaban J connectivity index is 1.35. The van der Waals surface area contributed by atoms with Crippen molar-refractivity contribution in [3.63, 3.8) is 0 Å². The van der Waals surface area contributed by atoms with E-state index in [2.05, 4.69) is 20.4 Å². The number of oxime groups is 1. The number of fused-ring (bicyclic) bond motifs is 2. The number of thiazole rings is 1. The summed E-state index contributed by atoms with van der Waals surface area (Å²) in [6.07, 6.45) is 1.46. The van der Waals surface area contributed by atoms with Gasteiger partial charge in [-0.1, -0.05) is 10.1 Å². The standard InChI is InChI=1S/C24H25N9O8S3/c1-24(2,21(39)40)41-30-14(10-8-43-22(26)27-10)17(35)29-15-18(36)33-16(20(37)38)9(6-42-19(15)33)7-44-23-28-11(25)4-12-31(3)13(34)5-32(12)23/h4-5,8,15,19,25H,6-7H2,1-3H3,(H6,26,27,29,34,35,37,38,39,40)/p+1/b30-14-. The fraction of sp³-hybridized carbons (Fsp3) is 0.333. The van der Waals surface area contributed by atoms with Gasteiger partial charge in [-0.3, -0.25) is 14.5 Å². The minimum atomic E-state index is -1.78. The van der Waals surface area contributed by atoms with Gasteiger partial charge < -0.3 is 36.9 Å². The van der Waals surface area contributed by atoms with Crippen LogP contribution < -0.4 is 21.2 Å². The first-order valence-corrected chi connectivity index (χ1v) is 15.5. The number of aliphatic carboxylic acids is 2. The van der Waals surface area contributed by atoms with Gasteiger partial charge in [0, 0.05) is 16.9 Å². The molecule has 1 fully saturated rings. The highest BCUT2D eigenvalue weighted by molar-refractivity contribution is 8.01. The number of β-lactam (4-membered cyclic amide) rings is 1. The quantitative estimate of drug-likeness (QED) is 0.0403. The number of anilines is 2. The number of hydrogen-bond donors (Lipinski definition) is 6. The van der Waals surface area contributed by atoms with Crippen molar-refractivity contribution in [1.29, 1.82) is 0 Å². The van der Waals surface area contributed by atoms with Crippen molar-refractivity contribution in [3.05, 3.63) is 34.6 Å². The Morgan fingerprint density at radius 3 is 2.66 bits per heavy atom. The van der Waals surface area contributed by atoms with Crippen LogP contribution in [0.15, 0.2) is 39.2 Å². The van der Waals surface area contributed by atoms with Gasteiger partial charge in [-0.25, -0.2) is 19.1 Å². The largest absolute Gasteiger partial charge is 0.481 e. The Bertz CT molecular complexity index is 1780. The second kappa shape index (κ2) is 11.5. The van der Waals surface area contributed by atoms with Crippen molar-refractivity contribution >= 4 is 80.9 Å². The number of carbonyl (C=O) groups is 4. The number of thioether (sulfide) groups is 2. The van der Waals surface area contributed by atoms with Crippen LogP contribution in [0, 0.1) is 0 Å². The molecule has 3 aromatic heterocycles. The maximum absolute atomic E-state index is 13.3.